The van der Waals surface area contributed by atoms with Crippen molar-refractivity contribution in [2.45, 2.75) is 89.1 Å². The molecule has 2 aliphatic heterocycles. The van der Waals surface area contributed by atoms with Crippen molar-refractivity contribution < 1.29 is 33.8 Å². The van der Waals surface area contributed by atoms with Crippen LogP contribution in [0.1, 0.15) is 58.8 Å². The number of hydrogen-bond donors (Lipinski definition) is 8. The zero-order valence-electron chi connectivity index (χ0n) is 24.8. The van der Waals surface area contributed by atoms with E-state index in [9.17, 15) is 29.1 Å². The number of carboxylic acid groups (broad SMARTS) is 1. The molecule has 0 spiro atoms. The Morgan fingerprint density at radius 1 is 0.907 bits per heavy atom. The summed E-state index contributed by atoms with van der Waals surface area (Å²) in [5, 5.41) is 17.6. The molecule has 2 aliphatic rings. The van der Waals surface area contributed by atoms with Crippen LogP contribution in [0.5, 0.6) is 0 Å². The van der Waals surface area contributed by atoms with Crippen LogP contribution in [0.2, 0.25) is 0 Å². The van der Waals surface area contributed by atoms with Gasteiger partial charge in [0.15, 0.2) is 24.1 Å². The van der Waals surface area contributed by atoms with Crippen LogP contribution in [0.25, 0.3) is 0 Å². The second kappa shape index (κ2) is 17.1. The van der Waals surface area contributed by atoms with Gasteiger partial charge in [-0.1, -0.05) is 13.8 Å². The fourth-order valence-electron chi connectivity index (χ4n) is 4.75. The van der Waals surface area contributed by atoms with E-state index in [4.69, 9.17) is 27.7 Å². The highest BCUT2D eigenvalue weighted by atomic mass is 16.6. The maximum atomic E-state index is 13.3. The summed E-state index contributed by atoms with van der Waals surface area (Å²) in [7, 11) is 0. The number of carboxylic acids is 1. The van der Waals surface area contributed by atoms with Gasteiger partial charge in [-0.3, -0.25) is 29.2 Å². The maximum Gasteiger partial charge on any atom is 0.326 e. The van der Waals surface area contributed by atoms with Gasteiger partial charge in [0.05, 0.1) is 0 Å². The number of nitrogens with one attached hydrogen (secondary N) is 3. The van der Waals surface area contributed by atoms with Crippen LogP contribution < -0.4 is 38.9 Å². The van der Waals surface area contributed by atoms with Gasteiger partial charge in [0.25, 0.3) is 11.8 Å². The highest BCUT2D eigenvalue weighted by Gasteiger charge is 2.52. The topological polar surface area (TPSA) is 286 Å². The van der Waals surface area contributed by atoms with E-state index in [1.165, 1.54) is 4.90 Å². The van der Waals surface area contributed by atoms with Crippen LogP contribution >= 0.6 is 0 Å². The molecular formula is C26H46N10O7. The van der Waals surface area contributed by atoms with Crippen LogP contribution in [0.3, 0.4) is 0 Å². The Bertz CT molecular complexity index is 1060. The summed E-state index contributed by atoms with van der Waals surface area (Å²) >= 11 is 0. The average molecular weight is 611 g/mol. The highest BCUT2D eigenvalue weighted by Crippen LogP contribution is 2.24. The van der Waals surface area contributed by atoms with Gasteiger partial charge < -0.3 is 53.6 Å². The molecule has 0 aromatic carbocycles. The first kappa shape index (κ1) is 35.0. The molecular weight excluding hydrogens is 564 g/mol. The molecule has 2 saturated heterocycles. The van der Waals surface area contributed by atoms with Crippen LogP contribution in [-0.2, 0) is 28.7 Å². The summed E-state index contributed by atoms with van der Waals surface area (Å²) in [6.07, 6.45) is 0.655. The monoisotopic (exact) mass is 610 g/mol. The third-order valence-electron chi connectivity index (χ3n) is 6.91. The molecule has 43 heavy (non-hydrogen) atoms. The quantitative estimate of drug-likeness (QED) is 0.0336. The van der Waals surface area contributed by atoms with Crippen molar-refractivity contribution in [1.29, 1.82) is 0 Å². The predicted molar refractivity (Wildman–Crippen MR) is 157 cm³/mol. The number of guanidine groups is 2. The van der Waals surface area contributed by atoms with Gasteiger partial charge in [0.1, 0.15) is 18.1 Å². The van der Waals surface area contributed by atoms with Gasteiger partial charge in [-0.2, -0.15) is 0 Å². The van der Waals surface area contributed by atoms with E-state index in [0.29, 0.717) is 51.6 Å². The molecule has 17 heteroatoms. The number of epoxide rings is 1. The lowest BCUT2D eigenvalue weighted by atomic mass is 10.0. The first-order valence-electron chi connectivity index (χ1n) is 14.5. The van der Waals surface area contributed by atoms with E-state index in [1.54, 1.807) is 0 Å². The third-order valence-corrected chi connectivity index (χ3v) is 6.91. The van der Waals surface area contributed by atoms with Gasteiger partial charge >= 0.3 is 5.97 Å². The Hall–Kier alpha value is -4.15. The Labute approximate surface area is 250 Å². The smallest absolute Gasteiger partial charge is 0.326 e. The van der Waals surface area contributed by atoms with Crippen LogP contribution in [0.15, 0.2) is 9.98 Å². The number of likely N-dealkylation sites (tertiary alicyclic amines) is 1. The fraction of sp³-hybridized carbons (Fsp3) is 0.731. The number of rotatable bonds is 18. The Morgan fingerprint density at radius 2 is 1.49 bits per heavy atom. The van der Waals surface area contributed by atoms with E-state index in [-0.39, 0.29) is 43.3 Å². The van der Waals surface area contributed by atoms with Crippen molar-refractivity contribution in [2.24, 2.45) is 38.8 Å². The molecule has 5 atom stereocenters. The van der Waals surface area contributed by atoms with Crippen LogP contribution in [0.4, 0.5) is 0 Å². The molecule has 242 valence electrons. The Balaban J connectivity index is 1.96. The number of carbonyl (C=O) groups excluding carboxylic acids is 4. The van der Waals surface area contributed by atoms with E-state index in [2.05, 4.69) is 25.9 Å². The average Bonchev–Trinajstić information content (AvgIpc) is 3.58. The lowest BCUT2D eigenvalue weighted by Gasteiger charge is -2.27. The Morgan fingerprint density at radius 3 is 2.05 bits per heavy atom. The zero-order valence-corrected chi connectivity index (χ0v) is 24.8. The molecule has 17 nitrogen and oxygen atoms in total. The number of ether oxygens (including phenoxy) is 1. The first-order valence-corrected chi connectivity index (χ1v) is 14.5. The minimum atomic E-state index is -1.17. The van der Waals surface area contributed by atoms with Crippen molar-refractivity contribution in [2.75, 3.05) is 26.2 Å². The molecule has 0 bridgehead atoms. The minimum Gasteiger partial charge on any atom is -0.480 e. The van der Waals surface area contributed by atoms with E-state index in [1.807, 2.05) is 13.8 Å². The van der Waals surface area contributed by atoms with Gasteiger partial charge in [0, 0.05) is 26.2 Å². The van der Waals surface area contributed by atoms with Gasteiger partial charge in [0.2, 0.25) is 11.8 Å². The molecule has 0 aromatic heterocycles. The molecule has 0 aliphatic carbocycles. The van der Waals surface area contributed by atoms with Crippen molar-refractivity contribution in [3.63, 3.8) is 0 Å². The molecule has 0 unspecified atom stereocenters. The van der Waals surface area contributed by atoms with E-state index >= 15 is 0 Å². The second-order valence-electron chi connectivity index (χ2n) is 11.0. The molecule has 2 rings (SSSR count). The largest absolute Gasteiger partial charge is 0.480 e. The van der Waals surface area contributed by atoms with Crippen molar-refractivity contribution >= 4 is 41.5 Å². The van der Waals surface area contributed by atoms with Crippen LogP contribution in [0, 0.1) is 5.92 Å². The van der Waals surface area contributed by atoms with Crippen molar-refractivity contribution in [3.05, 3.63) is 0 Å². The number of amides is 4. The van der Waals surface area contributed by atoms with Gasteiger partial charge in [-0.15, -0.1) is 0 Å². The summed E-state index contributed by atoms with van der Waals surface area (Å²) in [5.41, 5.74) is 21.3. The van der Waals surface area contributed by atoms with Crippen molar-refractivity contribution in [3.8, 4) is 0 Å². The summed E-state index contributed by atoms with van der Waals surface area (Å²) in [5.74, 6) is -3.39. The molecule has 0 aromatic rings. The number of aliphatic imine (C=N–C) groups is 2. The number of carbonyl (C=O) groups is 5. The fourth-order valence-corrected chi connectivity index (χ4v) is 4.75. The SMILES string of the molecule is CC(C)C[C@H](NC(=O)[C@H]1O[C@@H]1C(=O)N[C@@H](CCCN=C(N)N)C(=O)N1CCC[C@H]1C(=O)O)C(=O)NCCCCN=C(N)N. The standard InChI is InChI=1S/C26H46N10O7/c1-14(2)13-16(20(37)31-9-3-4-10-32-25(27)28)35-22(39)19-18(43-19)21(38)34-15(7-5-11-33-26(29)30)23(40)36-12-6-8-17(36)24(41)42/h14-19H,3-13H2,1-2H3,(H,31,37)(H,34,38)(H,35,39)(H,41,42)(H4,27,28,32)(H4,29,30,33)/t15-,16-,17-,18-,19-/m0/s1. The zero-order chi connectivity index (χ0) is 32.1. The molecule has 0 saturated carbocycles. The lowest BCUT2D eigenvalue weighted by Crippen LogP contribution is -2.53. The summed E-state index contributed by atoms with van der Waals surface area (Å²) in [6.45, 7) is 5.07. The molecule has 12 N–H and O–H groups in total. The van der Waals surface area contributed by atoms with E-state index < -0.39 is 54.0 Å². The molecule has 0 radical (unpaired) electrons. The number of hydrogen-bond acceptors (Lipinski definition) is 8. The summed E-state index contributed by atoms with van der Waals surface area (Å²) in [6, 6.07) is -2.89. The Kier molecular flexibility index (Phi) is 13.9. The molecule has 4 amide bonds. The second-order valence-corrected chi connectivity index (χ2v) is 11.0. The predicted octanol–water partition coefficient (Wildman–Crippen LogP) is -2.93. The van der Waals surface area contributed by atoms with Gasteiger partial charge in [-0.05, 0) is 50.9 Å². The molecule has 2 fully saturated rings. The lowest BCUT2D eigenvalue weighted by molar-refractivity contribution is -0.149. The van der Waals surface area contributed by atoms with Crippen molar-refractivity contribution in [1.82, 2.24) is 20.9 Å². The number of aliphatic carboxylic acids is 1. The first-order chi connectivity index (χ1) is 20.3. The maximum absolute atomic E-state index is 13.3. The number of unbranched alkanes of at least 4 members (excludes halogenated alkanes) is 1. The number of nitrogens with zero attached hydrogens (tertiary/aromatic N) is 3. The van der Waals surface area contributed by atoms with Crippen LogP contribution in [-0.4, -0.2) is 108 Å². The van der Waals surface area contributed by atoms with E-state index in [0.717, 1.165) is 0 Å². The van der Waals surface area contributed by atoms with Gasteiger partial charge in [-0.25, -0.2) is 4.79 Å². The third kappa shape index (κ3) is 11.9. The summed E-state index contributed by atoms with van der Waals surface area (Å²) < 4.78 is 5.33. The highest BCUT2D eigenvalue weighted by molar-refractivity contribution is 5.99. The normalized spacial score (nSPS) is 20.4. The number of nitrogens with two attached hydrogens (primary N) is 4. The summed E-state index contributed by atoms with van der Waals surface area (Å²) in [4.78, 5) is 72.6. The molecule has 2 heterocycles. The minimum absolute atomic E-state index is 0.00130.